The topological polar surface area (TPSA) is 32.3 Å². The maximum absolute atomic E-state index is 9.40. The zero-order valence-electron chi connectivity index (χ0n) is 11.8. The number of rotatable bonds is 4. The highest BCUT2D eigenvalue weighted by atomic mass is 16.3. The summed E-state index contributed by atoms with van der Waals surface area (Å²) in [6.07, 6.45) is 3.43. The molecule has 0 unspecified atom stereocenters. The second kappa shape index (κ2) is 5.02. The van der Waals surface area contributed by atoms with Crippen LogP contribution in [0.4, 0.5) is 0 Å². The third-order valence-electron chi connectivity index (χ3n) is 4.10. The van der Waals surface area contributed by atoms with Gasteiger partial charge >= 0.3 is 0 Å². The van der Waals surface area contributed by atoms with Crippen molar-refractivity contribution in [1.29, 1.82) is 0 Å². The number of benzene rings is 1. The summed E-state index contributed by atoms with van der Waals surface area (Å²) in [6, 6.07) is 8.81. The molecule has 2 nitrogen and oxygen atoms in total. The minimum atomic E-state index is 0.00268. The third-order valence-corrected chi connectivity index (χ3v) is 4.10. The number of hydrogen-bond acceptors (Lipinski definition) is 2. The van der Waals surface area contributed by atoms with Crippen LogP contribution >= 0.6 is 0 Å². The Labute approximate surface area is 110 Å². The van der Waals surface area contributed by atoms with Gasteiger partial charge in [-0.05, 0) is 35.8 Å². The van der Waals surface area contributed by atoms with Gasteiger partial charge < -0.3 is 10.4 Å². The Balaban J connectivity index is 1.94. The fourth-order valence-corrected chi connectivity index (χ4v) is 2.41. The van der Waals surface area contributed by atoms with Crippen LogP contribution < -0.4 is 5.32 Å². The Morgan fingerprint density at radius 3 is 2.17 bits per heavy atom. The van der Waals surface area contributed by atoms with Gasteiger partial charge in [0.15, 0.2) is 0 Å². The van der Waals surface area contributed by atoms with Crippen LogP contribution in [0, 0.1) is 0 Å². The lowest BCUT2D eigenvalue weighted by Crippen LogP contribution is -2.53. The zero-order valence-corrected chi connectivity index (χ0v) is 11.8. The molecule has 1 aliphatic carbocycles. The van der Waals surface area contributed by atoms with Crippen molar-refractivity contribution in [3.63, 3.8) is 0 Å². The van der Waals surface area contributed by atoms with Crippen molar-refractivity contribution in [3.05, 3.63) is 35.4 Å². The summed E-state index contributed by atoms with van der Waals surface area (Å²) in [4.78, 5) is 0. The highest BCUT2D eigenvalue weighted by Crippen LogP contribution is 2.31. The molecule has 2 rings (SSSR count). The molecule has 1 aliphatic rings. The Hall–Kier alpha value is -0.860. The van der Waals surface area contributed by atoms with E-state index in [2.05, 4.69) is 50.4 Å². The largest absolute Gasteiger partial charge is 0.394 e. The van der Waals surface area contributed by atoms with Gasteiger partial charge in [-0.2, -0.15) is 0 Å². The van der Waals surface area contributed by atoms with Crippen molar-refractivity contribution in [1.82, 2.24) is 5.32 Å². The second-order valence-corrected chi connectivity index (χ2v) is 6.59. The van der Waals surface area contributed by atoms with Crippen LogP contribution in [0.2, 0.25) is 0 Å². The molecule has 0 aliphatic heterocycles. The molecule has 100 valence electrons. The highest BCUT2D eigenvalue weighted by molar-refractivity contribution is 5.27. The van der Waals surface area contributed by atoms with Gasteiger partial charge in [0.2, 0.25) is 0 Å². The van der Waals surface area contributed by atoms with Crippen LogP contribution in [0.1, 0.15) is 51.2 Å². The summed E-state index contributed by atoms with van der Waals surface area (Å²) in [5, 5.41) is 12.9. The normalized spacial score (nSPS) is 18.4. The SMILES string of the molecule is CC(C)(C)c1ccc(CNC2(CO)CCC2)cc1. The number of hydrogen-bond donors (Lipinski definition) is 2. The molecule has 0 saturated heterocycles. The summed E-state index contributed by atoms with van der Waals surface area (Å²) in [6.45, 7) is 7.80. The standard InChI is InChI=1S/C16H25NO/c1-15(2,3)14-7-5-13(6-8-14)11-17-16(12-18)9-4-10-16/h5-8,17-18H,4,9-12H2,1-3H3. The van der Waals surface area contributed by atoms with Gasteiger partial charge in [0.1, 0.15) is 0 Å². The quantitative estimate of drug-likeness (QED) is 0.857. The summed E-state index contributed by atoms with van der Waals surface area (Å²) in [5.74, 6) is 0. The molecule has 0 amide bonds. The molecule has 2 N–H and O–H groups in total. The van der Waals surface area contributed by atoms with Gasteiger partial charge in [0.25, 0.3) is 0 Å². The summed E-state index contributed by atoms with van der Waals surface area (Å²) < 4.78 is 0. The van der Waals surface area contributed by atoms with E-state index in [0.717, 1.165) is 19.4 Å². The van der Waals surface area contributed by atoms with E-state index < -0.39 is 0 Å². The summed E-state index contributed by atoms with van der Waals surface area (Å²) >= 11 is 0. The molecular weight excluding hydrogens is 222 g/mol. The summed E-state index contributed by atoms with van der Waals surface area (Å²) in [7, 11) is 0. The van der Waals surface area contributed by atoms with Crippen LogP contribution in [0.5, 0.6) is 0 Å². The predicted molar refractivity (Wildman–Crippen MR) is 75.6 cm³/mol. The smallest absolute Gasteiger partial charge is 0.0613 e. The molecule has 0 bridgehead atoms. The van der Waals surface area contributed by atoms with Gasteiger partial charge in [0, 0.05) is 12.1 Å². The molecular formula is C16H25NO. The Morgan fingerprint density at radius 2 is 1.78 bits per heavy atom. The van der Waals surface area contributed by atoms with Crippen LogP contribution in [0.3, 0.4) is 0 Å². The zero-order chi connectivity index (χ0) is 13.2. The Morgan fingerprint density at radius 1 is 1.17 bits per heavy atom. The number of aliphatic hydroxyl groups is 1. The first kappa shape index (κ1) is 13.6. The molecule has 18 heavy (non-hydrogen) atoms. The van der Waals surface area contributed by atoms with E-state index in [9.17, 15) is 5.11 Å². The monoisotopic (exact) mass is 247 g/mol. The van der Waals surface area contributed by atoms with E-state index in [1.807, 2.05) is 0 Å². The van der Waals surface area contributed by atoms with Crippen molar-refractivity contribution >= 4 is 0 Å². The van der Waals surface area contributed by atoms with Gasteiger partial charge in [0.05, 0.1) is 6.61 Å². The van der Waals surface area contributed by atoms with E-state index >= 15 is 0 Å². The average molecular weight is 247 g/mol. The van der Waals surface area contributed by atoms with Crippen LogP contribution in [0.25, 0.3) is 0 Å². The molecule has 1 fully saturated rings. The van der Waals surface area contributed by atoms with E-state index in [0.29, 0.717) is 0 Å². The minimum absolute atomic E-state index is 0.00268. The van der Waals surface area contributed by atoms with Crippen LogP contribution in [-0.4, -0.2) is 17.3 Å². The molecule has 0 radical (unpaired) electrons. The van der Waals surface area contributed by atoms with Crippen molar-refractivity contribution < 1.29 is 5.11 Å². The molecule has 1 aromatic rings. The van der Waals surface area contributed by atoms with Gasteiger partial charge in [-0.1, -0.05) is 45.0 Å². The van der Waals surface area contributed by atoms with Gasteiger partial charge in [-0.25, -0.2) is 0 Å². The maximum Gasteiger partial charge on any atom is 0.0613 e. The van der Waals surface area contributed by atoms with E-state index in [4.69, 9.17) is 0 Å². The molecule has 1 saturated carbocycles. The van der Waals surface area contributed by atoms with Crippen molar-refractivity contribution in [2.45, 2.75) is 57.5 Å². The van der Waals surface area contributed by atoms with Crippen LogP contribution in [-0.2, 0) is 12.0 Å². The van der Waals surface area contributed by atoms with Crippen molar-refractivity contribution in [3.8, 4) is 0 Å². The van der Waals surface area contributed by atoms with Crippen LogP contribution in [0.15, 0.2) is 24.3 Å². The maximum atomic E-state index is 9.40. The molecule has 0 aromatic heterocycles. The Kier molecular flexibility index (Phi) is 3.79. The van der Waals surface area contributed by atoms with Crippen molar-refractivity contribution in [2.24, 2.45) is 0 Å². The molecule has 0 atom stereocenters. The first-order valence-electron chi connectivity index (χ1n) is 6.91. The third kappa shape index (κ3) is 2.93. The predicted octanol–water partition coefficient (Wildman–Crippen LogP) is 2.99. The average Bonchev–Trinajstić information content (AvgIpc) is 2.28. The lowest BCUT2D eigenvalue weighted by Gasteiger charge is -2.41. The molecule has 1 aromatic carbocycles. The lowest BCUT2D eigenvalue weighted by molar-refractivity contribution is 0.0872. The lowest BCUT2D eigenvalue weighted by atomic mass is 9.77. The Bertz CT molecular complexity index is 379. The van der Waals surface area contributed by atoms with Crippen molar-refractivity contribution in [2.75, 3.05) is 6.61 Å². The molecule has 0 heterocycles. The fourth-order valence-electron chi connectivity index (χ4n) is 2.41. The fraction of sp³-hybridized carbons (Fsp3) is 0.625. The van der Waals surface area contributed by atoms with E-state index in [-0.39, 0.29) is 17.6 Å². The van der Waals surface area contributed by atoms with Gasteiger partial charge in [-0.15, -0.1) is 0 Å². The molecule has 0 spiro atoms. The van der Waals surface area contributed by atoms with Gasteiger partial charge in [-0.3, -0.25) is 0 Å². The second-order valence-electron chi connectivity index (χ2n) is 6.59. The summed E-state index contributed by atoms with van der Waals surface area (Å²) in [5.41, 5.74) is 2.88. The van der Waals surface area contributed by atoms with E-state index in [1.54, 1.807) is 0 Å². The molecule has 2 heteroatoms. The van der Waals surface area contributed by atoms with E-state index in [1.165, 1.54) is 17.5 Å². The number of aliphatic hydroxyl groups excluding tert-OH is 1. The highest BCUT2D eigenvalue weighted by Gasteiger charge is 2.35. The number of nitrogens with one attached hydrogen (secondary N) is 1. The first-order chi connectivity index (χ1) is 8.45. The minimum Gasteiger partial charge on any atom is -0.394 e. The first-order valence-corrected chi connectivity index (χ1v) is 6.91.